The molecule has 1 aliphatic rings. The van der Waals surface area contributed by atoms with Gasteiger partial charge in [-0.25, -0.2) is 4.98 Å². The SMILES string of the molecule is C(=N/Nc1nncc2ccccc12)/c1sc(N2CCOCC2)nc1-c1ccccc1. The number of anilines is 2. The molecule has 3 heterocycles. The Morgan fingerprint density at radius 2 is 1.83 bits per heavy atom. The van der Waals surface area contributed by atoms with Crippen molar-refractivity contribution < 1.29 is 4.74 Å². The lowest BCUT2D eigenvalue weighted by molar-refractivity contribution is 0.122. The summed E-state index contributed by atoms with van der Waals surface area (Å²) in [6.45, 7) is 3.15. The maximum atomic E-state index is 5.48. The van der Waals surface area contributed by atoms with Gasteiger partial charge in [0.1, 0.15) is 0 Å². The quantitative estimate of drug-likeness (QED) is 0.391. The first-order chi connectivity index (χ1) is 14.9. The van der Waals surface area contributed by atoms with Crippen LogP contribution in [0.1, 0.15) is 4.88 Å². The van der Waals surface area contributed by atoms with Crippen molar-refractivity contribution in [2.75, 3.05) is 36.6 Å². The summed E-state index contributed by atoms with van der Waals surface area (Å²) >= 11 is 1.63. The number of hydrazone groups is 1. The number of nitrogens with one attached hydrogen (secondary N) is 1. The van der Waals surface area contributed by atoms with Gasteiger partial charge < -0.3 is 9.64 Å². The third-order valence-electron chi connectivity index (χ3n) is 4.89. The minimum absolute atomic E-state index is 0.628. The molecule has 1 fully saturated rings. The molecule has 150 valence electrons. The van der Waals surface area contributed by atoms with Gasteiger partial charge in [-0.1, -0.05) is 65.9 Å². The lowest BCUT2D eigenvalue weighted by atomic mass is 10.1. The van der Waals surface area contributed by atoms with Crippen LogP contribution in [0, 0.1) is 0 Å². The molecular formula is C22H20N6OS. The van der Waals surface area contributed by atoms with Crippen molar-refractivity contribution >= 4 is 39.3 Å². The predicted molar refractivity (Wildman–Crippen MR) is 121 cm³/mol. The molecule has 0 bridgehead atoms. The van der Waals surface area contributed by atoms with Crippen molar-refractivity contribution in [2.24, 2.45) is 5.10 Å². The average Bonchev–Trinajstić information content (AvgIpc) is 3.25. The van der Waals surface area contributed by atoms with Gasteiger partial charge in [0.25, 0.3) is 0 Å². The summed E-state index contributed by atoms with van der Waals surface area (Å²) in [7, 11) is 0. The molecule has 2 aromatic carbocycles. The van der Waals surface area contributed by atoms with Gasteiger partial charge in [-0.2, -0.15) is 10.2 Å². The van der Waals surface area contributed by atoms with Crippen LogP contribution in [0.3, 0.4) is 0 Å². The van der Waals surface area contributed by atoms with Crippen molar-refractivity contribution in [2.45, 2.75) is 0 Å². The molecule has 0 unspecified atom stereocenters. The molecule has 1 aliphatic heterocycles. The Morgan fingerprint density at radius 3 is 2.70 bits per heavy atom. The number of ether oxygens (including phenoxy) is 1. The van der Waals surface area contributed by atoms with Crippen LogP contribution in [0.25, 0.3) is 22.0 Å². The molecule has 4 aromatic rings. The predicted octanol–water partition coefficient (Wildman–Crippen LogP) is 4.04. The fourth-order valence-electron chi connectivity index (χ4n) is 3.36. The van der Waals surface area contributed by atoms with Crippen LogP contribution in [0.2, 0.25) is 0 Å². The van der Waals surface area contributed by atoms with E-state index in [9.17, 15) is 0 Å². The first-order valence-corrected chi connectivity index (χ1v) is 10.6. The summed E-state index contributed by atoms with van der Waals surface area (Å²) in [5.74, 6) is 0.628. The molecular weight excluding hydrogens is 396 g/mol. The van der Waals surface area contributed by atoms with Gasteiger partial charge in [-0.15, -0.1) is 5.10 Å². The van der Waals surface area contributed by atoms with E-state index in [1.807, 2.05) is 48.7 Å². The number of thiazole rings is 1. The number of hydrogen-bond acceptors (Lipinski definition) is 8. The fourth-order valence-corrected chi connectivity index (χ4v) is 4.37. The van der Waals surface area contributed by atoms with Gasteiger partial charge in [0, 0.05) is 29.4 Å². The number of aromatic nitrogens is 3. The summed E-state index contributed by atoms with van der Waals surface area (Å²) in [5.41, 5.74) is 5.04. The van der Waals surface area contributed by atoms with Crippen LogP contribution in [-0.2, 0) is 4.74 Å². The Balaban J connectivity index is 1.45. The lowest BCUT2D eigenvalue weighted by Gasteiger charge is -2.26. The third-order valence-corrected chi connectivity index (χ3v) is 5.94. The van der Waals surface area contributed by atoms with E-state index >= 15 is 0 Å². The topological polar surface area (TPSA) is 75.5 Å². The molecule has 1 saturated heterocycles. The largest absolute Gasteiger partial charge is 0.378 e. The number of fused-ring (bicyclic) bond motifs is 1. The second-order valence-corrected chi connectivity index (χ2v) is 7.83. The number of rotatable bonds is 5. The van der Waals surface area contributed by atoms with E-state index in [0.717, 1.165) is 58.3 Å². The summed E-state index contributed by atoms with van der Waals surface area (Å²) < 4.78 is 5.48. The van der Waals surface area contributed by atoms with Crippen molar-refractivity contribution in [3.05, 3.63) is 65.7 Å². The van der Waals surface area contributed by atoms with Crippen molar-refractivity contribution in [1.82, 2.24) is 15.2 Å². The second kappa shape index (κ2) is 8.56. The van der Waals surface area contributed by atoms with Crippen molar-refractivity contribution in [3.63, 3.8) is 0 Å². The highest BCUT2D eigenvalue weighted by atomic mass is 32.1. The van der Waals surface area contributed by atoms with E-state index in [2.05, 4.69) is 37.8 Å². The zero-order valence-electron chi connectivity index (χ0n) is 16.2. The molecule has 5 rings (SSSR count). The van der Waals surface area contributed by atoms with Crippen LogP contribution in [-0.4, -0.2) is 47.7 Å². The Bertz CT molecular complexity index is 1170. The van der Waals surface area contributed by atoms with Crippen molar-refractivity contribution in [1.29, 1.82) is 0 Å². The zero-order valence-corrected chi connectivity index (χ0v) is 17.0. The summed E-state index contributed by atoms with van der Waals surface area (Å²) in [6, 6.07) is 18.1. The van der Waals surface area contributed by atoms with E-state index < -0.39 is 0 Å². The monoisotopic (exact) mass is 416 g/mol. The maximum absolute atomic E-state index is 5.48. The van der Waals surface area contributed by atoms with Gasteiger partial charge in [0.2, 0.25) is 0 Å². The van der Waals surface area contributed by atoms with Crippen molar-refractivity contribution in [3.8, 4) is 11.3 Å². The zero-order chi connectivity index (χ0) is 20.2. The van der Waals surface area contributed by atoms with E-state index in [-0.39, 0.29) is 0 Å². The Hall–Kier alpha value is -3.36. The lowest BCUT2D eigenvalue weighted by Crippen LogP contribution is -2.36. The smallest absolute Gasteiger partial charge is 0.186 e. The van der Waals surface area contributed by atoms with Gasteiger partial charge in [0.15, 0.2) is 10.9 Å². The van der Waals surface area contributed by atoms with Crippen LogP contribution < -0.4 is 10.3 Å². The summed E-state index contributed by atoms with van der Waals surface area (Å²) in [4.78, 5) is 8.18. The van der Waals surface area contributed by atoms with Gasteiger partial charge in [0.05, 0.1) is 36.2 Å². The third kappa shape index (κ3) is 3.87. The van der Waals surface area contributed by atoms with E-state index in [1.54, 1.807) is 17.5 Å². The first kappa shape index (κ1) is 18.7. The van der Waals surface area contributed by atoms with Crippen LogP contribution in [0.15, 0.2) is 65.9 Å². The molecule has 0 saturated carbocycles. The van der Waals surface area contributed by atoms with Gasteiger partial charge in [-0.05, 0) is 0 Å². The molecule has 0 spiro atoms. The highest BCUT2D eigenvalue weighted by molar-refractivity contribution is 7.17. The van der Waals surface area contributed by atoms with E-state index in [4.69, 9.17) is 9.72 Å². The van der Waals surface area contributed by atoms with E-state index in [0.29, 0.717) is 5.82 Å². The van der Waals surface area contributed by atoms with Crippen LogP contribution in [0.4, 0.5) is 10.9 Å². The Morgan fingerprint density at radius 1 is 1.03 bits per heavy atom. The maximum Gasteiger partial charge on any atom is 0.186 e. The standard InChI is InChI=1S/C22H20N6OS/c1-2-6-16(7-3-1)20-19(30-22(25-20)28-10-12-29-13-11-28)15-24-27-21-18-9-5-4-8-17(18)14-23-26-21/h1-9,14-15H,10-13H2,(H,26,27)/b24-15-. The fraction of sp³-hybridized carbons (Fsp3) is 0.182. The molecule has 0 radical (unpaired) electrons. The molecule has 0 aliphatic carbocycles. The highest BCUT2D eigenvalue weighted by Gasteiger charge is 2.18. The molecule has 8 heteroatoms. The highest BCUT2D eigenvalue weighted by Crippen LogP contribution is 2.32. The Labute approximate surface area is 178 Å². The first-order valence-electron chi connectivity index (χ1n) is 9.77. The molecule has 7 nitrogen and oxygen atoms in total. The minimum atomic E-state index is 0.628. The number of benzene rings is 2. The normalized spacial score (nSPS) is 14.5. The number of hydrogen-bond donors (Lipinski definition) is 1. The number of nitrogens with zero attached hydrogens (tertiary/aromatic N) is 5. The van der Waals surface area contributed by atoms with Crippen LogP contribution in [0.5, 0.6) is 0 Å². The summed E-state index contributed by atoms with van der Waals surface area (Å²) in [6.07, 6.45) is 3.56. The Kier molecular flexibility index (Phi) is 5.32. The van der Waals surface area contributed by atoms with Crippen LogP contribution >= 0.6 is 11.3 Å². The number of morpholine rings is 1. The molecule has 0 atom stereocenters. The second-order valence-electron chi connectivity index (χ2n) is 6.83. The molecule has 2 aromatic heterocycles. The van der Waals surface area contributed by atoms with Gasteiger partial charge >= 0.3 is 0 Å². The summed E-state index contributed by atoms with van der Waals surface area (Å²) in [5, 5.41) is 15.7. The molecule has 30 heavy (non-hydrogen) atoms. The van der Waals surface area contributed by atoms with Gasteiger partial charge in [-0.3, -0.25) is 5.43 Å². The minimum Gasteiger partial charge on any atom is -0.378 e. The average molecular weight is 417 g/mol. The molecule has 0 amide bonds. The molecule has 1 N–H and O–H groups in total. The van der Waals surface area contributed by atoms with E-state index in [1.165, 1.54) is 0 Å².